The minimum atomic E-state index is -0.715. The van der Waals surface area contributed by atoms with E-state index in [2.05, 4.69) is 10.6 Å². The summed E-state index contributed by atoms with van der Waals surface area (Å²) in [4.78, 5) is 37.4. The molecule has 2 atom stereocenters. The zero-order chi connectivity index (χ0) is 17.6. The molecule has 6 nitrogen and oxygen atoms in total. The molecule has 0 bridgehead atoms. The summed E-state index contributed by atoms with van der Waals surface area (Å²) in [7, 11) is 0. The third-order valence-corrected chi connectivity index (χ3v) is 5.36. The molecule has 4 rings (SSSR count). The number of amides is 3. The van der Waals surface area contributed by atoms with Gasteiger partial charge in [0, 0.05) is 29.2 Å². The lowest BCUT2D eigenvalue weighted by molar-refractivity contribution is -0.136. The molecule has 2 N–H and O–H groups in total. The number of hydrogen-bond acceptors (Lipinski definition) is 4. The number of nitrogens with one attached hydrogen (secondary N) is 2. The van der Waals surface area contributed by atoms with Gasteiger partial charge in [-0.1, -0.05) is 12.5 Å². The van der Waals surface area contributed by atoms with Crippen LogP contribution in [0.3, 0.4) is 0 Å². The summed E-state index contributed by atoms with van der Waals surface area (Å²) in [5.41, 5.74) is 1.28. The Kier molecular flexibility index (Phi) is 4.03. The molecule has 1 aromatic rings. The van der Waals surface area contributed by atoms with E-state index >= 15 is 4.39 Å². The van der Waals surface area contributed by atoms with Crippen molar-refractivity contribution in [2.75, 3.05) is 6.54 Å². The minimum Gasteiger partial charge on any atom is -0.322 e. The average Bonchev–Trinajstić information content (AvgIpc) is 2.94. The molecule has 3 aliphatic rings. The predicted octanol–water partition coefficient (Wildman–Crippen LogP) is 1.40. The highest BCUT2D eigenvalue weighted by Crippen LogP contribution is 2.34. The van der Waals surface area contributed by atoms with Crippen LogP contribution in [0.25, 0.3) is 0 Å². The van der Waals surface area contributed by atoms with E-state index < -0.39 is 11.9 Å². The second-order valence-electron chi connectivity index (χ2n) is 6.90. The zero-order valence-electron chi connectivity index (χ0n) is 13.8. The topological polar surface area (TPSA) is 78.5 Å². The van der Waals surface area contributed by atoms with Gasteiger partial charge in [-0.2, -0.15) is 0 Å². The fraction of sp³-hybridized carbons (Fsp3) is 0.500. The van der Waals surface area contributed by atoms with Crippen molar-refractivity contribution in [3.05, 3.63) is 34.6 Å². The fourth-order valence-electron chi connectivity index (χ4n) is 4.01. The smallest absolute Gasteiger partial charge is 0.255 e. The lowest BCUT2D eigenvalue weighted by atomic mass is 9.94. The molecule has 3 heterocycles. The first kappa shape index (κ1) is 16.2. The van der Waals surface area contributed by atoms with Crippen LogP contribution in [0.2, 0.25) is 0 Å². The third kappa shape index (κ3) is 2.72. The SMILES string of the molecule is O=C1CCC(N2Cc3c(ccc(C4CCCCN4)c3F)C2=O)C(=O)N1. The highest BCUT2D eigenvalue weighted by molar-refractivity contribution is 6.05. The van der Waals surface area contributed by atoms with Crippen LogP contribution in [0.15, 0.2) is 12.1 Å². The van der Waals surface area contributed by atoms with E-state index in [9.17, 15) is 14.4 Å². The summed E-state index contributed by atoms with van der Waals surface area (Å²) < 4.78 is 15.1. The highest BCUT2D eigenvalue weighted by Gasteiger charge is 2.40. The molecule has 0 spiro atoms. The van der Waals surface area contributed by atoms with Crippen LogP contribution < -0.4 is 10.6 Å². The van der Waals surface area contributed by atoms with Crippen LogP contribution >= 0.6 is 0 Å². The summed E-state index contributed by atoms with van der Waals surface area (Å²) in [6, 6.07) is 2.61. The summed E-state index contributed by atoms with van der Waals surface area (Å²) in [6.45, 7) is 0.940. The Morgan fingerprint density at radius 1 is 1.12 bits per heavy atom. The number of nitrogens with zero attached hydrogens (tertiary/aromatic N) is 1. The van der Waals surface area contributed by atoms with E-state index in [0.717, 1.165) is 25.8 Å². The summed E-state index contributed by atoms with van der Waals surface area (Å²) in [5, 5.41) is 5.58. The van der Waals surface area contributed by atoms with Crippen molar-refractivity contribution in [2.45, 2.75) is 50.7 Å². The van der Waals surface area contributed by atoms with E-state index in [1.54, 1.807) is 12.1 Å². The van der Waals surface area contributed by atoms with Crippen LogP contribution in [0.5, 0.6) is 0 Å². The molecule has 0 aliphatic carbocycles. The van der Waals surface area contributed by atoms with Crippen molar-refractivity contribution < 1.29 is 18.8 Å². The zero-order valence-corrected chi connectivity index (χ0v) is 13.8. The lowest BCUT2D eigenvalue weighted by Gasteiger charge is -2.29. The van der Waals surface area contributed by atoms with Crippen molar-refractivity contribution in [1.82, 2.24) is 15.5 Å². The summed E-state index contributed by atoms with van der Waals surface area (Å²) >= 11 is 0. The second-order valence-corrected chi connectivity index (χ2v) is 6.90. The Hall–Kier alpha value is -2.28. The van der Waals surface area contributed by atoms with Gasteiger partial charge in [0.05, 0.1) is 6.54 Å². The number of carbonyl (C=O) groups excluding carboxylic acids is 3. The number of carbonyl (C=O) groups is 3. The van der Waals surface area contributed by atoms with Crippen molar-refractivity contribution >= 4 is 17.7 Å². The van der Waals surface area contributed by atoms with Gasteiger partial charge in [-0.05, 0) is 31.9 Å². The lowest BCUT2D eigenvalue weighted by Crippen LogP contribution is -2.52. The Morgan fingerprint density at radius 2 is 1.96 bits per heavy atom. The number of benzene rings is 1. The van der Waals surface area contributed by atoms with Crippen molar-refractivity contribution in [1.29, 1.82) is 0 Å². The van der Waals surface area contributed by atoms with Gasteiger partial charge in [0.1, 0.15) is 11.9 Å². The van der Waals surface area contributed by atoms with Crippen LogP contribution in [-0.2, 0) is 16.1 Å². The maximum absolute atomic E-state index is 15.1. The fourth-order valence-corrected chi connectivity index (χ4v) is 4.01. The summed E-state index contributed by atoms with van der Waals surface area (Å²) in [5.74, 6) is -1.50. The van der Waals surface area contributed by atoms with Crippen LogP contribution in [-0.4, -0.2) is 35.2 Å². The van der Waals surface area contributed by atoms with Gasteiger partial charge in [-0.15, -0.1) is 0 Å². The Bertz CT molecular complexity index is 758. The molecule has 0 aromatic heterocycles. The number of fused-ring (bicyclic) bond motifs is 1. The van der Waals surface area contributed by atoms with Crippen LogP contribution in [0.4, 0.5) is 4.39 Å². The number of rotatable bonds is 2. The van der Waals surface area contributed by atoms with Crippen molar-refractivity contribution in [2.24, 2.45) is 0 Å². The second kappa shape index (κ2) is 6.22. The first-order valence-electron chi connectivity index (χ1n) is 8.75. The molecule has 25 heavy (non-hydrogen) atoms. The molecular formula is C18H20FN3O3. The van der Waals surface area contributed by atoms with Crippen molar-refractivity contribution in [3.63, 3.8) is 0 Å². The normalized spacial score (nSPS) is 26.6. The number of hydrogen-bond donors (Lipinski definition) is 2. The Labute approximate surface area is 144 Å². The average molecular weight is 345 g/mol. The first-order chi connectivity index (χ1) is 12.1. The molecule has 0 saturated carbocycles. The molecule has 2 fully saturated rings. The summed E-state index contributed by atoms with van der Waals surface area (Å²) in [6.07, 6.45) is 3.49. The number of imide groups is 1. The maximum atomic E-state index is 15.1. The van der Waals surface area contributed by atoms with E-state index in [1.165, 1.54) is 4.90 Å². The van der Waals surface area contributed by atoms with Gasteiger partial charge >= 0.3 is 0 Å². The largest absolute Gasteiger partial charge is 0.322 e. The van der Waals surface area contributed by atoms with E-state index in [1.807, 2.05) is 0 Å². The number of halogens is 1. The van der Waals surface area contributed by atoms with E-state index in [4.69, 9.17) is 0 Å². The molecular weight excluding hydrogens is 325 g/mol. The third-order valence-electron chi connectivity index (χ3n) is 5.36. The monoisotopic (exact) mass is 345 g/mol. The molecule has 3 aliphatic heterocycles. The Morgan fingerprint density at radius 3 is 2.68 bits per heavy atom. The molecule has 3 amide bonds. The quantitative estimate of drug-likeness (QED) is 0.795. The molecule has 7 heteroatoms. The van der Waals surface area contributed by atoms with E-state index in [0.29, 0.717) is 16.7 Å². The first-order valence-corrected chi connectivity index (χ1v) is 8.75. The van der Waals surface area contributed by atoms with Crippen LogP contribution in [0.1, 0.15) is 59.6 Å². The number of piperidine rings is 2. The molecule has 2 saturated heterocycles. The molecule has 1 aromatic carbocycles. The molecule has 132 valence electrons. The Balaban J connectivity index is 1.61. The van der Waals surface area contributed by atoms with Gasteiger partial charge in [0.2, 0.25) is 11.8 Å². The minimum absolute atomic E-state index is 0.0289. The van der Waals surface area contributed by atoms with E-state index in [-0.39, 0.29) is 43.1 Å². The molecule has 0 radical (unpaired) electrons. The van der Waals surface area contributed by atoms with Gasteiger partial charge in [0.25, 0.3) is 5.91 Å². The van der Waals surface area contributed by atoms with Gasteiger partial charge in [0.15, 0.2) is 0 Å². The maximum Gasteiger partial charge on any atom is 0.255 e. The van der Waals surface area contributed by atoms with Gasteiger partial charge in [-0.25, -0.2) is 4.39 Å². The van der Waals surface area contributed by atoms with Gasteiger partial charge < -0.3 is 10.2 Å². The highest BCUT2D eigenvalue weighted by atomic mass is 19.1. The predicted molar refractivity (Wildman–Crippen MR) is 87.0 cm³/mol. The standard InChI is InChI=1S/C18H20FN3O3/c19-16-11(13-3-1-2-8-20-13)5-4-10-12(16)9-22(18(10)25)14-6-7-15(23)21-17(14)24/h4-5,13-14,20H,1-3,6-9H2,(H,21,23,24). The van der Waals surface area contributed by atoms with Crippen LogP contribution in [0, 0.1) is 5.82 Å². The van der Waals surface area contributed by atoms with Gasteiger partial charge in [-0.3, -0.25) is 19.7 Å². The van der Waals surface area contributed by atoms with Crippen molar-refractivity contribution in [3.8, 4) is 0 Å². The molecule has 2 unspecified atom stereocenters.